The Kier molecular flexibility index (Phi) is 6.76. The molecule has 2 rings (SSSR count). The van der Waals surface area contributed by atoms with Gasteiger partial charge in [-0.15, -0.1) is 0 Å². The van der Waals surface area contributed by atoms with Gasteiger partial charge in [0.1, 0.15) is 5.82 Å². The molecule has 0 aliphatic carbocycles. The van der Waals surface area contributed by atoms with Gasteiger partial charge in [0.05, 0.1) is 29.7 Å². The number of methoxy groups -OCH3 is 1. The average Bonchev–Trinajstić information content (AvgIpc) is 2.65. The summed E-state index contributed by atoms with van der Waals surface area (Å²) < 4.78 is 4.78. The quantitative estimate of drug-likeness (QED) is 0.678. The molecule has 0 radical (unpaired) electrons. The minimum atomic E-state index is -0.209. The smallest absolute Gasteiger partial charge is 0.305 e. The van der Waals surface area contributed by atoms with Gasteiger partial charge in [-0.2, -0.15) is 0 Å². The van der Waals surface area contributed by atoms with Gasteiger partial charge in [0, 0.05) is 18.0 Å². The van der Waals surface area contributed by atoms with Crippen molar-refractivity contribution < 1.29 is 9.53 Å². The van der Waals surface area contributed by atoms with Crippen LogP contribution in [0.15, 0.2) is 36.7 Å². The molecule has 5 nitrogen and oxygen atoms in total. The van der Waals surface area contributed by atoms with Gasteiger partial charge in [0.15, 0.2) is 0 Å². The zero-order valence-corrected chi connectivity index (χ0v) is 15.6. The molecule has 0 amide bonds. The zero-order chi connectivity index (χ0) is 18.3. The van der Waals surface area contributed by atoms with Gasteiger partial charge >= 0.3 is 5.97 Å². The molecule has 1 aromatic carbocycles. The fraction of sp³-hybridized carbons (Fsp3) is 0.421. The number of nitrogens with zero attached hydrogens (tertiary/aromatic N) is 2. The molecule has 1 aromatic heterocycles. The molecule has 0 aliphatic rings. The van der Waals surface area contributed by atoms with Crippen LogP contribution in [0.3, 0.4) is 0 Å². The lowest BCUT2D eigenvalue weighted by molar-refractivity contribution is -0.141. The van der Waals surface area contributed by atoms with Crippen LogP contribution in [-0.4, -0.2) is 23.0 Å². The van der Waals surface area contributed by atoms with Crippen LogP contribution < -0.4 is 5.32 Å². The fourth-order valence-electron chi connectivity index (χ4n) is 2.92. The van der Waals surface area contributed by atoms with Crippen LogP contribution in [0.2, 0.25) is 5.02 Å². The minimum absolute atomic E-state index is 0.204. The first-order valence-corrected chi connectivity index (χ1v) is 8.83. The van der Waals surface area contributed by atoms with E-state index < -0.39 is 0 Å². The molecule has 0 spiro atoms. The molecule has 6 heteroatoms. The Morgan fingerprint density at radius 2 is 1.96 bits per heavy atom. The van der Waals surface area contributed by atoms with E-state index in [1.165, 1.54) is 7.11 Å². The summed E-state index contributed by atoms with van der Waals surface area (Å²) in [4.78, 5) is 20.7. The van der Waals surface area contributed by atoms with Crippen molar-refractivity contribution in [3.8, 4) is 0 Å². The molecule has 25 heavy (non-hydrogen) atoms. The number of halogens is 1. The summed E-state index contributed by atoms with van der Waals surface area (Å²) in [5, 5.41) is 3.83. The molecule has 0 atom stereocenters. The number of rotatable bonds is 8. The topological polar surface area (TPSA) is 64.1 Å². The summed E-state index contributed by atoms with van der Waals surface area (Å²) in [5.41, 5.74) is 1.45. The summed E-state index contributed by atoms with van der Waals surface area (Å²) in [6.07, 6.45) is 6.22. The number of aromatic nitrogens is 2. The fourth-order valence-corrected chi connectivity index (χ4v) is 3.10. The Morgan fingerprint density at radius 1 is 1.24 bits per heavy atom. The highest BCUT2D eigenvalue weighted by Crippen LogP contribution is 2.36. The maximum Gasteiger partial charge on any atom is 0.305 e. The molecule has 0 fully saturated rings. The summed E-state index contributed by atoms with van der Waals surface area (Å²) in [7, 11) is 1.41. The lowest BCUT2D eigenvalue weighted by Gasteiger charge is -2.31. The monoisotopic (exact) mass is 361 g/mol. The SMILES string of the molecule is CCC(CC)(CCC(=O)OC)c1cncc(Nc2ccccc2Cl)n1. The molecule has 0 bridgehead atoms. The van der Waals surface area contributed by atoms with Crippen LogP contribution in [0.25, 0.3) is 0 Å². The largest absolute Gasteiger partial charge is 0.469 e. The predicted octanol–water partition coefficient (Wildman–Crippen LogP) is 4.88. The summed E-state index contributed by atoms with van der Waals surface area (Å²) in [6, 6.07) is 7.49. The number of para-hydroxylation sites is 1. The zero-order valence-electron chi connectivity index (χ0n) is 14.9. The van der Waals surface area contributed by atoms with Crippen molar-refractivity contribution in [3.63, 3.8) is 0 Å². The van der Waals surface area contributed by atoms with Crippen molar-refractivity contribution in [2.24, 2.45) is 0 Å². The molecule has 1 heterocycles. The van der Waals surface area contributed by atoms with Crippen LogP contribution in [0, 0.1) is 0 Å². The Labute approximate surface area is 153 Å². The normalized spacial score (nSPS) is 11.2. The van der Waals surface area contributed by atoms with Gasteiger partial charge in [0.25, 0.3) is 0 Å². The molecular weight excluding hydrogens is 338 g/mol. The van der Waals surface area contributed by atoms with E-state index in [2.05, 4.69) is 24.1 Å². The number of hydrogen-bond acceptors (Lipinski definition) is 5. The Hall–Kier alpha value is -2.14. The molecule has 0 unspecified atom stereocenters. The van der Waals surface area contributed by atoms with Crippen LogP contribution >= 0.6 is 11.6 Å². The molecule has 1 N–H and O–H groups in total. The first-order chi connectivity index (χ1) is 12.0. The van der Waals surface area contributed by atoms with E-state index in [0.717, 1.165) is 24.2 Å². The third kappa shape index (κ3) is 4.69. The maximum atomic E-state index is 11.6. The summed E-state index contributed by atoms with van der Waals surface area (Å²) in [6.45, 7) is 4.22. The number of carbonyl (C=O) groups excluding carboxylic acids is 1. The predicted molar refractivity (Wildman–Crippen MR) is 100 cm³/mol. The number of anilines is 2. The van der Waals surface area contributed by atoms with E-state index in [-0.39, 0.29) is 11.4 Å². The highest BCUT2D eigenvalue weighted by Gasteiger charge is 2.31. The van der Waals surface area contributed by atoms with Crippen molar-refractivity contribution >= 4 is 29.1 Å². The van der Waals surface area contributed by atoms with E-state index in [1.54, 1.807) is 12.4 Å². The Bertz CT molecular complexity index is 717. The standard InChI is InChI=1S/C19H24ClN3O2/c1-4-19(5-2,11-10-18(24)25-3)16-12-21-13-17(23-16)22-15-9-7-6-8-14(15)20/h6-9,12-13H,4-5,10-11H2,1-3H3,(H,22,23). The van der Waals surface area contributed by atoms with Gasteiger partial charge in [-0.25, -0.2) is 4.98 Å². The van der Waals surface area contributed by atoms with Gasteiger partial charge in [-0.3, -0.25) is 9.78 Å². The van der Waals surface area contributed by atoms with Crippen LogP contribution in [0.5, 0.6) is 0 Å². The molecule has 2 aromatic rings. The summed E-state index contributed by atoms with van der Waals surface area (Å²) in [5.74, 6) is 0.430. The van der Waals surface area contributed by atoms with E-state index in [4.69, 9.17) is 21.3 Å². The minimum Gasteiger partial charge on any atom is -0.469 e. The van der Waals surface area contributed by atoms with E-state index in [1.807, 2.05) is 24.3 Å². The van der Waals surface area contributed by atoms with Crippen LogP contribution in [0.1, 0.15) is 45.2 Å². The second-order valence-electron chi connectivity index (χ2n) is 5.96. The third-order valence-corrected chi connectivity index (χ3v) is 5.03. The number of ether oxygens (including phenoxy) is 1. The molecule has 0 saturated heterocycles. The lowest BCUT2D eigenvalue weighted by Crippen LogP contribution is -2.27. The van der Waals surface area contributed by atoms with Crippen molar-refractivity contribution in [1.29, 1.82) is 0 Å². The Morgan fingerprint density at radius 3 is 2.60 bits per heavy atom. The van der Waals surface area contributed by atoms with Gasteiger partial charge in [-0.05, 0) is 31.4 Å². The van der Waals surface area contributed by atoms with E-state index >= 15 is 0 Å². The highest BCUT2D eigenvalue weighted by molar-refractivity contribution is 6.33. The Balaban J connectivity index is 2.27. The average molecular weight is 362 g/mol. The second kappa shape index (κ2) is 8.81. The van der Waals surface area contributed by atoms with E-state index in [0.29, 0.717) is 23.7 Å². The van der Waals surface area contributed by atoms with Crippen molar-refractivity contribution in [2.45, 2.75) is 44.9 Å². The van der Waals surface area contributed by atoms with Crippen LogP contribution in [-0.2, 0) is 14.9 Å². The first kappa shape index (κ1) is 19.2. The van der Waals surface area contributed by atoms with Crippen molar-refractivity contribution in [3.05, 3.63) is 47.4 Å². The van der Waals surface area contributed by atoms with Crippen molar-refractivity contribution in [2.75, 3.05) is 12.4 Å². The number of carbonyl (C=O) groups is 1. The summed E-state index contributed by atoms with van der Waals surface area (Å²) >= 11 is 6.20. The third-order valence-electron chi connectivity index (χ3n) is 4.70. The first-order valence-electron chi connectivity index (χ1n) is 8.45. The number of nitrogens with one attached hydrogen (secondary N) is 1. The lowest BCUT2D eigenvalue weighted by atomic mass is 9.75. The second-order valence-corrected chi connectivity index (χ2v) is 6.37. The molecular formula is C19H24ClN3O2. The molecule has 0 aliphatic heterocycles. The van der Waals surface area contributed by atoms with E-state index in [9.17, 15) is 4.79 Å². The molecule has 0 saturated carbocycles. The number of benzene rings is 1. The van der Waals surface area contributed by atoms with Gasteiger partial charge in [-0.1, -0.05) is 37.6 Å². The molecule has 134 valence electrons. The number of hydrogen-bond donors (Lipinski definition) is 1. The van der Waals surface area contributed by atoms with Gasteiger partial charge in [0.2, 0.25) is 0 Å². The highest BCUT2D eigenvalue weighted by atomic mass is 35.5. The maximum absolute atomic E-state index is 11.6. The van der Waals surface area contributed by atoms with Crippen LogP contribution in [0.4, 0.5) is 11.5 Å². The van der Waals surface area contributed by atoms with Gasteiger partial charge < -0.3 is 10.1 Å². The number of esters is 1. The van der Waals surface area contributed by atoms with Crippen molar-refractivity contribution in [1.82, 2.24) is 9.97 Å².